The molecule has 1 amide bonds. The van der Waals surface area contributed by atoms with Gasteiger partial charge in [-0.1, -0.05) is 29.8 Å². The van der Waals surface area contributed by atoms with Gasteiger partial charge < -0.3 is 10.6 Å². The zero-order chi connectivity index (χ0) is 18.9. The van der Waals surface area contributed by atoms with Gasteiger partial charge >= 0.3 is 0 Å². The van der Waals surface area contributed by atoms with Crippen LogP contribution in [-0.2, 0) is 4.79 Å². The van der Waals surface area contributed by atoms with E-state index in [9.17, 15) is 19.7 Å². The predicted molar refractivity (Wildman–Crippen MR) is 99.3 cm³/mol. The van der Waals surface area contributed by atoms with Crippen LogP contribution in [-0.4, -0.2) is 29.7 Å². The van der Waals surface area contributed by atoms with E-state index in [0.29, 0.717) is 18.7 Å². The number of nitro benzene ring substituents is 1. The van der Waals surface area contributed by atoms with E-state index < -0.39 is 4.92 Å². The molecule has 0 saturated carbocycles. The van der Waals surface area contributed by atoms with E-state index in [0.717, 1.165) is 11.3 Å². The molecule has 0 spiro atoms. The van der Waals surface area contributed by atoms with Gasteiger partial charge in [-0.3, -0.25) is 19.7 Å². The molecule has 7 nitrogen and oxygen atoms in total. The molecule has 7 heteroatoms. The van der Waals surface area contributed by atoms with E-state index in [1.54, 1.807) is 24.3 Å². The quantitative estimate of drug-likeness (QED) is 0.311. The third kappa shape index (κ3) is 6.01. The van der Waals surface area contributed by atoms with Gasteiger partial charge in [0, 0.05) is 49.3 Å². The van der Waals surface area contributed by atoms with Gasteiger partial charge in [-0.2, -0.15) is 0 Å². The van der Waals surface area contributed by atoms with Crippen molar-refractivity contribution in [3.8, 4) is 0 Å². The number of ketones is 1. The number of benzene rings is 2. The number of hydrogen-bond acceptors (Lipinski definition) is 5. The van der Waals surface area contributed by atoms with Crippen LogP contribution >= 0.6 is 0 Å². The Hall–Kier alpha value is -3.22. The highest BCUT2D eigenvalue weighted by Gasteiger charge is 2.09. The maximum atomic E-state index is 12.0. The molecule has 0 atom stereocenters. The van der Waals surface area contributed by atoms with E-state index in [1.807, 2.05) is 19.1 Å². The summed E-state index contributed by atoms with van der Waals surface area (Å²) in [6, 6.07) is 13.3. The molecule has 0 aliphatic carbocycles. The van der Waals surface area contributed by atoms with Crippen LogP contribution in [0.2, 0.25) is 0 Å². The summed E-state index contributed by atoms with van der Waals surface area (Å²) in [5, 5.41) is 16.4. The second kappa shape index (κ2) is 9.31. The lowest BCUT2D eigenvalue weighted by Crippen LogP contribution is -2.29. The highest BCUT2D eigenvalue weighted by Crippen LogP contribution is 2.14. The van der Waals surface area contributed by atoms with Gasteiger partial charge in [0.2, 0.25) is 5.91 Å². The molecular formula is C19H21N3O4. The minimum absolute atomic E-state index is 0.0297. The first-order valence-corrected chi connectivity index (χ1v) is 8.30. The van der Waals surface area contributed by atoms with Crippen molar-refractivity contribution in [3.63, 3.8) is 0 Å². The molecule has 26 heavy (non-hydrogen) atoms. The number of hydrogen-bond donors (Lipinski definition) is 2. The Balaban J connectivity index is 1.65. The predicted octanol–water partition coefficient (Wildman–Crippen LogP) is 3.09. The van der Waals surface area contributed by atoms with Crippen LogP contribution in [0.3, 0.4) is 0 Å². The average Bonchev–Trinajstić information content (AvgIpc) is 2.64. The monoisotopic (exact) mass is 355 g/mol. The van der Waals surface area contributed by atoms with Crippen molar-refractivity contribution in [2.45, 2.75) is 19.8 Å². The smallest absolute Gasteiger partial charge is 0.269 e. The summed E-state index contributed by atoms with van der Waals surface area (Å²) in [7, 11) is 0. The molecule has 0 aliphatic heterocycles. The molecule has 0 radical (unpaired) electrons. The van der Waals surface area contributed by atoms with Gasteiger partial charge in [0.1, 0.15) is 0 Å². The normalized spacial score (nSPS) is 10.2. The molecule has 0 heterocycles. The summed E-state index contributed by atoms with van der Waals surface area (Å²) >= 11 is 0. The summed E-state index contributed by atoms with van der Waals surface area (Å²) in [5.74, 6) is -0.236. The van der Waals surface area contributed by atoms with Gasteiger partial charge in [0.15, 0.2) is 5.78 Å². The van der Waals surface area contributed by atoms with Crippen molar-refractivity contribution in [1.29, 1.82) is 0 Å². The highest BCUT2D eigenvalue weighted by molar-refractivity contribution is 5.97. The van der Waals surface area contributed by atoms with Crippen LogP contribution in [0.25, 0.3) is 0 Å². The topological polar surface area (TPSA) is 101 Å². The first-order chi connectivity index (χ1) is 12.5. The first kappa shape index (κ1) is 19.1. The fourth-order valence-corrected chi connectivity index (χ4v) is 2.31. The Morgan fingerprint density at radius 3 is 2.23 bits per heavy atom. The number of amides is 1. The molecule has 0 aliphatic rings. The molecule has 0 fully saturated rings. The number of rotatable bonds is 9. The van der Waals surface area contributed by atoms with Crippen LogP contribution in [0.4, 0.5) is 11.4 Å². The van der Waals surface area contributed by atoms with Crippen LogP contribution in [0.5, 0.6) is 0 Å². The summed E-state index contributed by atoms with van der Waals surface area (Å²) in [6.07, 6.45) is 0.314. The number of carbonyl (C=O) groups excluding carboxylic acids is 2. The number of nitro groups is 1. The molecule has 0 unspecified atom stereocenters. The number of nitrogens with one attached hydrogen (secondary N) is 2. The second-order valence-corrected chi connectivity index (χ2v) is 5.87. The fraction of sp³-hybridized carbons (Fsp3) is 0.263. The minimum Gasteiger partial charge on any atom is -0.383 e. The Kier molecular flexibility index (Phi) is 6.84. The lowest BCUT2D eigenvalue weighted by atomic mass is 10.1. The maximum absolute atomic E-state index is 12.0. The van der Waals surface area contributed by atoms with Gasteiger partial charge in [-0.15, -0.1) is 0 Å². The van der Waals surface area contributed by atoms with Crippen molar-refractivity contribution in [2.24, 2.45) is 0 Å². The lowest BCUT2D eigenvalue weighted by Gasteiger charge is -2.08. The zero-order valence-electron chi connectivity index (χ0n) is 14.5. The highest BCUT2D eigenvalue weighted by atomic mass is 16.6. The zero-order valence-corrected chi connectivity index (χ0v) is 14.5. The molecular weight excluding hydrogens is 334 g/mol. The van der Waals surface area contributed by atoms with Gasteiger partial charge in [0.05, 0.1) is 4.92 Å². The van der Waals surface area contributed by atoms with Crippen LogP contribution < -0.4 is 10.6 Å². The van der Waals surface area contributed by atoms with Gasteiger partial charge in [-0.05, 0) is 19.1 Å². The molecule has 2 rings (SSSR count). The van der Waals surface area contributed by atoms with E-state index in [1.165, 1.54) is 12.1 Å². The van der Waals surface area contributed by atoms with Crippen LogP contribution in [0.15, 0.2) is 48.5 Å². The standard InChI is InChI=1S/C19H21N3O4/c1-14-2-4-15(5-3-14)18(23)10-11-19(24)21-13-12-20-16-6-8-17(9-7-16)22(25)26/h2-9,20H,10-13H2,1H3,(H,21,24). The lowest BCUT2D eigenvalue weighted by molar-refractivity contribution is -0.384. The molecule has 2 aromatic carbocycles. The van der Waals surface area contributed by atoms with E-state index in [-0.39, 0.29) is 30.2 Å². The summed E-state index contributed by atoms with van der Waals surface area (Å²) in [5.41, 5.74) is 2.46. The third-order valence-corrected chi connectivity index (χ3v) is 3.81. The summed E-state index contributed by atoms with van der Waals surface area (Å²) in [4.78, 5) is 33.9. The molecule has 136 valence electrons. The van der Waals surface area contributed by atoms with Gasteiger partial charge in [0.25, 0.3) is 5.69 Å². The minimum atomic E-state index is -0.456. The maximum Gasteiger partial charge on any atom is 0.269 e. The number of nitrogens with zero attached hydrogens (tertiary/aromatic N) is 1. The van der Waals surface area contributed by atoms with Crippen molar-refractivity contribution in [2.75, 3.05) is 18.4 Å². The SMILES string of the molecule is Cc1ccc(C(=O)CCC(=O)NCCNc2ccc([N+](=O)[O-])cc2)cc1. The molecule has 2 N–H and O–H groups in total. The second-order valence-electron chi connectivity index (χ2n) is 5.87. The Bertz CT molecular complexity index is 770. The largest absolute Gasteiger partial charge is 0.383 e. The molecule has 2 aromatic rings. The van der Waals surface area contributed by atoms with E-state index in [4.69, 9.17) is 0 Å². The Labute approximate surface area is 151 Å². The van der Waals surface area contributed by atoms with Crippen LogP contribution in [0, 0.1) is 17.0 Å². The molecule has 0 aromatic heterocycles. The van der Waals surface area contributed by atoms with Crippen LogP contribution in [0.1, 0.15) is 28.8 Å². The molecule has 0 bridgehead atoms. The van der Waals surface area contributed by atoms with Gasteiger partial charge in [-0.25, -0.2) is 0 Å². The van der Waals surface area contributed by atoms with Crippen molar-refractivity contribution < 1.29 is 14.5 Å². The van der Waals surface area contributed by atoms with Crippen molar-refractivity contribution in [3.05, 3.63) is 69.8 Å². The summed E-state index contributed by atoms with van der Waals surface area (Å²) in [6.45, 7) is 2.83. The number of anilines is 1. The average molecular weight is 355 g/mol. The first-order valence-electron chi connectivity index (χ1n) is 8.30. The third-order valence-electron chi connectivity index (χ3n) is 3.81. The van der Waals surface area contributed by atoms with Crippen molar-refractivity contribution in [1.82, 2.24) is 5.32 Å². The van der Waals surface area contributed by atoms with E-state index in [2.05, 4.69) is 10.6 Å². The Morgan fingerprint density at radius 2 is 1.62 bits per heavy atom. The number of Topliss-reactive ketones (excluding diaryl/α,β-unsaturated/α-hetero) is 1. The molecule has 0 saturated heterocycles. The van der Waals surface area contributed by atoms with E-state index >= 15 is 0 Å². The summed E-state index contributed by atoms with van der Waals surface area (Å²) < 4.78 is 0. The Morgan fingerprint density at radius 1 is 0.962 bits per heavy atom. The fourth-order valence-electron chi connectivity index (χ4n) is 2.31. The number of carbonyl (C=O) groups is 2. The number of aryl methyl sites for hydroxylation is 1. The van der Waals surface area contributed by atoms with Crippen molar-refractivity contribution >= 4 is 23.1 Å². The number of non-ortho nitro benzene ring substituents is 1.